The van der Waals surface area contributed by atoms with Gasteiger partial charge in [-0.15, -0.1) is 0 Å². The van der Waals surface area contributed by atoms with Crippen molar-refractivity contribution in [2.24, 2.45) is 11.8 Å². The first kappa shape index (κ1) is 51.2. The van der Waals surface area contributed by atoms with E-state index in [1.807, 2.05) is 0 Å². The van der Waals surface area contributed by atoms with Gasteiger partial charge in [0, 0.05) is 11.8 Å². The Balaban J connectivity index is 1.09. The Morgan fingerprint density at radius 2 is 0.853 bits per heavy atom. The molecule has 68 heavy (non-hydrogen) atoms. The zero-order valence-corrected chi connectivity index (χ0v) is 38.0. The molecule has 0 radical (unpaired) electrons. The summed E-state index contributed by atoms with van der Waals surface area (Å²) >= 11 is 0. The molecule has 3 aromatic carbocycles. The van der Waals surface area contributed by atoms with Crippen LogP contribution in [0.4, 0.5) is 0 Å². The van der Waals surface area contributed by atoms with Crippen LogP contribution in [0.5, 0.6) is 51.7 Å². The Morgan fingerprint density at radius 1 is 0.500 bits per heavy atom. The number of fused-ring (bicyclic) bond motifs is 1. The lowest BCUT2D eigenvalue weighted by Gasteiger charge is -2.39. The molecule has 0 spiro atoms. The van der Waals surface area contributed by atoms with Crippen molar-refractivity contribution in [3.63, 3.8) is 0 Å². The molecule has 0 aromatic heterocycles. The Bertz CT molecular complexity index is 2080. The largest absolute Gasteiger partial charge is 0.493 e. The quantitative estimate of drug-likeness (QED) is 0.0664. The van der Waals surface area contributed by atoms with Crippen molar-refractivity contribution in [1.29, 1.82) is 0 Å². The van der Waals surface area contributed by atoms with Gasteiger partial charge in [-0.2, -0.15) is 0 Å². The highest BCUT2D eigenvalue weighted by atomic mass is 16.7. The molecule has 0 saturated carbocycles. The maximum Gasteiger partial charge on any atom is 0.229 e. The topological polar surface area (TPSA) is 322 Å². The van der Waals surface area contributed by atoms with Crippen LogP contribution >= 0.6 is 0 Å². The predicted molar refractivity (Wildman–Crippen MR) is 228 cm³/mol. The molecule has 4 saturated heterocycles. The van der Waals surface area contributed by atoms with Crippen LogP contribution in [0.15, 0.2) is 36.4 Å². The summed E-state index contributed by atoms with van der Waals surface area (Å²) in [6.45, 7) is -1.45. The van der Waals surface area contributed by atoms with E-state index in [0.717, 1.165) is 0 Å². The fourth-order valence-corrected chi connectivity index (χ4v) is 8.91. The minimum Gasteiger partial charge on any atom is -0.493 e. The third-order valence-electron chi connectivity index (χ3n) is 12.7. The zero-order chi connectivity index (χ0) is 49.1. The number of aliphatic hydroxyl groups is 10. The second kappa shape index (κ2) is 21.9. The molecule has 0 bridgehead atoms. The van der Waals surface area contributed by atoms with E-state index < -0.39 is 106 Å². The number of benzene rings is 3. The SMILES string of the molecule is COc1cc([C@H]2OC[C@H]3[C@@H]2CO[C@@H]3c2cc(OC)c(O[C@H](CO)[C@@H](O)c3cc(OC)c(O[C@@H]4O[C@H](CO)[C@@H](O)[C@H](O)[C@H]4O)c(OC)c3)c(OC)c2)cc(OC)c1O[C@@H]1O[C@H](CO)[C@@H](O)[C@H](O)[C@H]1O. The first-order valence-electron chi connectivity index (χ1n) is 21.6. The standard InChI is InChI=1S/C45H60O23/c1-56-23-7-18(8-24(57-2)42(23)67-44-37(54)35(52)33(50)30(14-47)65-44)32(49)29(13-46)64-41-25(58-3)9-19(10-26(41)59-4)39-21-16-63-40(22(21)17-62-39)20-11-27(60-5)43(28(12-20)61-6)68-45-38(55)36(53)34(51)31(15-48)66-45/h7-12,21-22,29-40,44-55H,13-17H2,1-6H3/t21-,22-,29+,30+,31+,32-,33+,34+,35-,36-,37+,38+,39+,40+,44-,45-/m0/s1. The lowest BCUT2D eigenvalue weighted by Crippen LogP contribution is -2.60. The predicted octanol–water partition coefficient (Wildman–Crippen LogP) is -1.36. The summed E-state index contributed by atoms with van der Waals surface area (Å²) in [5.74, 6) is 0.355. The second-order valence-electron chi connectivity index (χ2n) is 16.5. The van der Waals surface area contributed by atoms with Crippen LogP contribution in [0, 0.1) is 11.8 Å². The maximum atomic E-state index is 11.7. The molecule has 4 fully saturated rings. The Hall–Kier alpha value is -4.70. The second-order valence-corrected chi connectivity index (χ2v) is 16.5. The molecule has 0 amide bonds. The third-order valence-corrected chi connectivity index (χ3v) is 12.7. The first-order chi connectivity index (χ1) is 32.7. The van der Waals surface area contributed by atoms with Crippen molar-refractivity contribution >= 4 is 0 Å². The highest BCUT2D eigenvalue weighted by Gasteiger charge is 2.50. The van der Waals surface area contributed by atoms with Crippen LogP contribution in [0.25, 0.3) is 0 Å². The van der Waals surface area contributed by atoms with E-state index in [1.54, 1.807) is 24.3 Å². The van der Waals surface area contributed by atoms with Gasteiger partial charge < -0.3 is 113 Å². The van der Waals surface area contributed by atoms with E-state index in [2.05, 4.69) is 0 Å². The number of aliphatic hydroxyl groups excluding tert-OH is 10. The van der Waals surface area contributed by atoms with E-state index in [1.165, 1.54) is 54.8 Å². The summed E-state index contributed by atoms with van der Waals surface area (Å²) < 4.78 is 75.8. The van der Waals surface area contributed by atoms with Gasteiger partial charge in [-0.3, -0.25) is 0 Å². The summed E-state index contributed by atoms with van der Waals surface area (Å²) in [5, 5.41) is 104. The fourth-order valence-electron chi connectivity index (χ4n) is 8.91. The van der Waals surface area contributed by atoms with E-state index in [4.69, 9.17) is 61.6 Å². The molecule has 4 heterocycles. The summed E-state index contributed by atoms with van der Waals surface area (Å²) in [5.41, 5.74) is 1.46. The van der Waals surface area contributed by atoms with Crippen LogP contribution in [-0.2, 0) is 18.9 Å². The fraction of sp³-hybridized carbons (Fsp3) is 0.600. The van der Waals surface area contributed by atoms with Gasteiger partial charge in [-0.05, 0) is 53.1 Å². The van der Waals surface area contributed by atoms with Crippen molar-refractivity contribution in [3.8, 4) is 51.7 Å². The van der Waals surface area contributed by atoms with Gasteiger partial charge in [0.1, 0.15) is 54.9 Å². The van der Waals surface area contributed by atoms with Gasteiger partial charge in [-0.25, -0.2) is 0 Å². The molecule has 4 aliphatic heterocycles. The van der Waals surface area contributed by atoms with Crippen molar-refractivity contribution < 1.29 is 113 Å². The summed E-state index contributed by atoms with van der Waals surface area (Å²) in [4.78, 5) is 0. The Morgan fingerprint density at radius 3 is 1.19 bits per heavy atom. The number of hydrogen-bond donors (Lipinski definition) is 10. The summed E-state index contributed by atoms with van der Waals surface area (Å²) in [6.07, 6.45) is -19.4. The van der Waals surface area contributed by atoms with Crippen molar-refractivity contribution in [3.05, 3.63) is 53.1 Å². The smallest absolute Gasteiger partial charge is 0.229 e. The number of ether oxygens (including phenoxy) is 13. The number of methoxy groups -OCH3 is 6. The lowest BCUT2D eigenvalue weighted by atomic mass is 9.84. The van der Waals surface area contributed by atoms with Gasteiger partial charge >= 0.3 is 0 Å². The summed E-state index contributed by atoms with van der Waals surface area (Å²) in [6, 6.07) is 9.52. The molecule has 23 heteroatoms. The maximum absolute atomic E-state index is 11.7. The minimum atomic E-state index is -1.74. The van der Waals surface area contributed by atoms with Gasteiger partial charge in [0.25, 0.3) is 0 Å². The van der Waals surface area contributed by atoms with E-state index >= 15 is 0 Å². The molecule has 0 aliphatic carbocycles. The number of hydrogen-bond acceptors (Lipinski definition) is 23. The molecule has 23 nitrogen and oxygen atoms in total. The van der Waals surface area contributed by atoms with Gasteiger partial charge in [0.05, 0.1) is 87.9 Å². The van der Waals surface area contributed by atoms with Crippen LogP contribution in [0.2, 0.25) is 0 Å². The Labute approximate surface area is 390 Å². The van der Waals surface area contributed by atoms with Crippen LogP contribution in [0.1, 0.15) is 35.0 Å². The average Bonchev–Trinajstić information content (AvgIpc) is 3.98. The van der Waals surface area contributed by atoms with Gasteiger partial charge in [0.15, 0.2) is 40.6 Å². The molecule has 378 valence electrons. The molecular weight excluding hydrogens is 908 g/mol. The first-order valence-corrected chi connectivity index (χ1v) is 21.6. The third kappa shape index (κ3) is 9.74. The van der Waals surface area contributed by atoms with E-state index in [-0.39, 0.29) is 82.4 Å². The van der Waals surface area contributed by atoms with Crippen molar-refractivity contribution in [1.82, 2.24) is 0 Å². The van der Waals surface area contributed by atoms with Crippen molar-refractivity contribution in [2.75, 3.05) is 75.7 Å². The lowest BCUT2D eigenvalue weighted by molar-refractivity contribution is -0.277. The highest BCUT2D eigenvalue weighted by molar-refractivity contribution is 5.57. The molecule has 10 N–H and O–H groups in total. The normalized spacial score (nSPS) is 32.1. The zero-order valence-electron chi connectivity index (χ0n) is 38.0. The number of rotatable bonds is 19. The van der Waals surface area contributed by atoms with E-state index in [9.17, 15) is 51.1 Å². The molecule has 0 unspecified atom stereocenters. The van der Waals surface area contributed by atoms with E-state index in [0.29, 0.717) is 11.1 Å². The minimum absolute atomic E-state index is 0.0179. The molecule has 3 aromatic rings. The molecule has 16 atom stereocenters. The van der Waals surface area contributed by atoms with Crippen LogP contribution in [0.3, 0.4) is 0 Å². The summed E-state index contributed by atoms with van der Waals surface area (Å²) in [7, 11) is 8.25. The highest BCUT2D eigenvalue weighted by Crippen LogP contribution is 2.54. The molecule has 7 rings (SSSR count). The van der Waals surface area contributed by atoms with Crippen LogP contribution < -0.4 is 42.6 Å². The Kier molecular flexibility index (Phi) is 16.5. The van der Waals surface area contributed by atoms with Gasteiger partial charge in [0.2, 0.25) is 29.8 Å². The van der Waals surface area contributed by atoms with Gasteiger partial charge in [-0.1, -0.05) is 0 Å². The van der Waals surface area contributed by atoms with Crippen LogP contribution in [-0.4, -0.2) is 194 Å². The molecular formula is C45H60O23. The molecule has 4 aliphatic rings. The van der Waals surface area contributed by atoms with Crippen molar-refractivity contribution in [2.45, 2.75) is 85.8 Å². The monoisotopic (exact) mass is 968 g/mol. The average molecular weight is 969 g/mol.